The zero-order chi connectivity index (χ0) is 8.32. The number of sulfone groups is 1. The van der Waals surface area contributed by atoms with E-state index in [9.17, 15) is 8.42 Å². The summed E-state index contributed by atoms with van der Waals surface area (Å²) in [6.07, 6.45) is 0. The van der Waals surface area contributed by atoms with Gasteiger partial charge in [-0.3, -0.25) is 0 Å². The SMILES string of the molecule is COC[NH+]1CCS(=O)(=O)CC1. The Hall–Kier alpha value is -0.130. The average molecular weight is 180 g/mol. The van der Waals surface area contributed by atoms with E-state index < -0.39 is 9.84 Å². The van der Waals surface area contributed by atoms with Crippen molar-refractivity contribution in [2.45, 2.75) is 0 Å². The number of ether oxygens (including phenoxy) is 1. The Kier molecular flexibility index (Phi) is 2.86. The maximum Gasteiger partial charge on any atom is 0.181 e. The highest BCUT2D eigenvalue weighted by Crippen LogP contribution is 1.89. The van der Waals surface area contributed by atoms with Gasteiger partial charge in [0.2, 0.25) is 0 Å². The van der Waals surface area contributed by atoms with Gasteiger partial charge in [0.1, 0.15) is 0 Å². The molecule has 1 aliphatic rings. The molecule has 66 valence electrons. The zero-order valence-corrected chi connectivity index (χ0v) is 7.49. The summed E-state index contributed by atoms with van der Waals surface area (Å²) >= 11 is 0. The van der Waals surface area contributed by atoms with Crippen LogP contribution in [0.3, 0.4) is 0 Å². The van der Waals surface area contributed by atoms with Gasteiger partial charge in [0.05, 0.1) is 24.6 Å². The highest BCUT2D eigenvalue weighted by atomic mass is 32.2. The van der Waals surface area contributed by atoms with Gasteiger partial charge in [-0.05, 0) is 0 Å². The summed E-state index contributed by atoms with van der Waals surface area (Å²) in [4.78, 5) is 1.22. The third-order valence-corrected chi connectivity index (χ3v) is 3.53. The highest BCUT2D eigenvalue weighted by Gasteiger charge is 2.23. The normalized spacial score (nSPS) is 25.2. The van der Waals surface area contributed by atoms with Crippen LogP contribution in [0, 0.1) is 0 Å². The molecule has 1 rings (SSSR count). The van der Waals surface area contributed by atoms with E-state index >= 15 is 0 Å². The van der Waals surface area contributed by atoms with Crippen LogP contribution in [-0.4, -0.2) is 46.9 Å². The fourth-order valence-corrected chi connectivity index (χ4v) is 2.58. The fourth-order valence-electron chi connectivity index (χ4n) is 1.18. The Morgan fingerprint density at radius 2 is 1.91 bits per heavy atom. The van der Waals surface area contributed by atoms with Gasteiger partial charge in [0, 0.05) is 7.11 Å². The average Bonchev–Trinajstić information content (AvgIpc) is 1.94. The standard InChI is InChI=1S/C6H13NO3S/c1-10-6-7-2-4-11(8,9)5-3-7/h2-6H2,1H3/p+1. The molecule has 5 heteroatoms. The first kappa shape index (κ1) is 8.96. The van der Waals surface area contributed by atoms with Gasteiger partial charge < -0.3 is 9.64 Å². The molecular weight excluding hydrogens is 166 g/mol. The van der Waals surface area contributed by atoms with Crippen molar-refractivity contribution in [3.05, 3.63) is 0 Å². The summed E-state index contributed by atoms with van der Waals surface area (Å²) < 4.78 is 26.8. The molecule has 0 saturated carbocycles. The maximum atomic E-state index is 10.9. The molecule has 11 heavy (non-hydrogen) atoms. The van der Waals surface area contributed by atoms with E-state index in [1.54, 1.807) is 7.11 Å². The van der Waals surface area contributed by atoms with Crippen molar-refractivity contribution in [3.63, 3.8) is 0 Å². The minimum absolute atomic E-state index is 0.311. The molecule has 0 radical (unpaired) electrons. The van der Waals surface area contributed by atoms with Crippen LogP contribution in [0.15, 0.2) is 0 Å². The van der Waals surface area contributed by atoms with Crippen LogP contribution in [0.25, 0.3) is 0 Å². The maximum absolute atomic E-state index is 10.9. The Labute approximate surface area is 67.1 Å². The number of rotatable bonds is 2. The molecule has 1 aliphatic heterocycles. The van der Waals surface area contributed by atoms with E-state index in [0.717, 1.165) is 0 Å². The number of hydrogen-bond donors (Lipinski definition) is 1. The molecule has 0 atom stereocenters. The Bertz CT molecular complexity index is 198. The predicted molar refractivity (Wildman–Crippen MR) is 41.2 cm³/mol. The summed E-state index contributed by atoms with van der Waals surface area (Å²) in [6, 6.07) is 0. The van der Waals surface area contributed by atoms with Crippen molar-refractivity contribution >= 4 is 9.84 Å². The topological polar surface area (TPSA) is 47.8 Å². The van der Waals surface area contributed by atoms with E-state index in [4.69, 9.17) is 4.74 Å². The lowest BCUT2D eigenvalue weighted by atomic mass is 10.5. The van der Waals surface area contributed by atoms with E-state index in [2.05, 4.69) is 0 Å². The van der Waals surface area contributed by atoms with Gasteiger partial charge in [-0.15, -0.1) is 0 Å². The molecule has 1 N–H and O–H groups in total. The molecule has 0 aromatic heterocycles. The van der Waals surface area contributed by atoms with Gasteiger partial charge >= 0.3 is 0 Å². The second-order valence-electron chi connectivity index (χ2n) is 2.83. The number of nitrogens with one attached hydrogen (secondary N) is 1. The lowest BCUT2D eigenvalue weighted by Gasteiger charge is -2.22. The summed E-state index contributed by atoms with van der Waals surface area (Å²) in [5.41, 5.74) is 0. The van der Waals surface area contributed by atoms with E-state index in [-0.39, 0.29) is 0 Å². The molecule has 0 bridgehead atoms. The van der Waals surface area contributed by atoms with Crippen molar-refractivity contribution in [1.29, 1.82) is 0 Å². The van der Waals surface area contributed by atoms with Crippen LogP contribution in [0.5, 0.6) is 0 Å². The van der Waals surface area contributed by atoms with Gasteiger partial charge in [0.25, 0.3) is 0 Å². The quantitative estimate of drug-likeness (QED) is 0.530. The van der Waals surface area contributed by atoms with E-state index in [1.807, 2.05) is 0 Å². The summed E-state index contributed by atoms with van der Waals surface area (Å²) in [5.74, 6) is 0.622. The second kappa shape index (κ2) is 3.51. The third-order valence-electron chi connectivity index (χ3n) is 1.88. The minimum atomic E-state index is -2.71. The van der Waals surface area contributed by atoms with Gasteiger partial charge in [-0.1, -0.05) is 0 Å². The third kappa shape index (κ3) is 2.76. The van der Waals surface area contributed by atoms with Crippen LogP contribution in [0.4, 0.5) is 0 Å². The zero-order valence-electron chi connectivity index (χ0n) is 6.67. The molecule has 0 unspecified atom stereocenters. The van der Waals surface area contributed by atoms with Gasteiger partial charge in [-0.2, -0.15) is 0 Å². The Morgan fingerprint density at radius 1 is 1.36 bits per heavy atom. The first-order chi connectivity index (χ1) is 5.14. The van der Waals surface area contributed by atoms with Crippen LogP contribution in [0.2, 0.25) is 0 Å². The predicted octanol–water partition coefficient (Wildman–Crippen LogP) is -2.10. The lowest BCUT2D eigenvalue weighted by molar-refractivity contribution is -0.915. The number of hydrogen-bond acceptors (Lipinski definition) is 3. The van der Waals surface area contributed by atoms with Crippen LogP contribution in [0.1, 0.15) is 0 Å². The van der Waals surface area contributed by atoms with Crippen LogP contribution in [-0.2, 0) is 14.6 Å². The Morgan fingerprint density at radius 3 is 2.36 bits per heavy atom. The van der Waals surface area contributed by atoms with Crippen molar-refractivity contribution in [1.82, 2.24) is 0 Å². The lowest BCUT2D eigenvalue weighted by Crippen LogP contribution is -3.14. The van der Waals surface area contributed by atoms with E-state index in [1.165, 1.54) is 4.90 Å². The summed E-state index contributed by atoms with van der Waals surface area (Å²) in [6.45, 7) is 2.00. The fraction of sp³-hybridized carbons (Fsp3) is 1.00. The van der Waals surface area contributed by atoms with E-state index in [0.29, 0.717) is 31.3 Å². The molecule has 0 aliphatic carbocycles. The molecule has 0 aromatic carbocycles. The number of quaternary nitrogens is 1. The molecule has 0 amide bonds. The second-order valence-corrected chi connectivity index (χ2v) is 5.14. The number of methoxy groups -OCH3 is 1. The summed E-state index contributed by atoms with van der Waals surface area (Å²) in [5, 5.41) is 0. The molecule has 1 heterocycles. The molecule has 4 nitrogen and oxygen atoms in total. The largest absolute Gasteiger partial charge is 0.335 e. The molecule has 0 spiro atoms. The van der Waals surface area contributed by atoms with Crippen molar-refractivity contribution in [3.8, 4) is 0 Å². The monoisotopic (exact) mass is 180 g/mol. The van der Waals surface area contributed by atoms with Crippen LogP contribution >= 0.6 is 0 Å². The van der Waals surface area contributed by atoms with Crippen LogP contribution < -0.4 is 4.90 Å². The Balaban J connectivity index is 2.36. The highest BCUT2D eigenvalue weighted by molar-refractivity contribution is 7.91. The smallest absolute Gasteiger partial charge is 0.181 e. The first-order valence-electron chi connectivity index (χ1n) is 3.67. The van der Waals surface area contributed by atoms with Gasteiger partial charge in [0.15, 0.2) is 16.6 Å². The van der Waals surface area contributed by atoms with Gasteiger partial charge in [-0.25, -0.2) is 8.42 Å². The molecule has 1 saturated heterocycles. The molecule has 1 fully saturated rings. The first-order valence-corrected chi connectivity index (χ1v) is 5.49. The molecule has 0 aromatic rings. The summed E-state index contributed by atoms with van der Waals surface area (Å²) in [7, 11) is -1.08. The molecular formula is C6H14NO3S+. The minimum Gasteiger partial charge on any atom is -0.335 e. The van der Waals surface area contributed by atoms with Crippen molar-refractivity contribution in [2.75, 3.05) is 38.4 Å². The van der Waals surface area contributed by atoms with Crippen molar-refractivity contribution in [2.24, 2.45) is 0 Å². The van der Waals surface area contributed by atoms with Crippen molar-refractivity contribution < 1.29 is 18.1 Å².